The van der Waals surface area contributed by atoms with Gasteiger partial charge >= 0.3 is 0 Å². The van der Waals surface area contributed by atoms with Gasteiger partial charge in [0.2, 0.25) is 0 Å². The van der Waals surface area contributed by atoms with Crippen LogP contribution in [-0.2, 0) is 0 Å². The number of hydrogen-bond acceptors (Lipinski definition) is 6. The van der Waals surface area contributed by atoms with Gasteiger partial charge in [-0.05, 0) is 11.8 Å². The number of nitrogens with zero attached hydrogens (tertiary/aromatic N) is 4. The van der Waals surface area contributed by atoms with Gasteiger partial charge in [-0.15, -0.1) is 0 Å². The lowest BCUT2D eigenvalue weighted by Gasteiger charge is -1.96. The van der Waals surface area contributed by atoms with Gasteiger partial charge < -0.3 is 4.42 Å². The second-order valence-corrected chi connectivity index (χ2v) is 4.73. The van der Waals surface area contributed by atoms with Crippen LogP contribution in [0.3, 0.4) is 0 Å². The zero-order chi connectivity index (χ0) is 13.8. The van der Waals surface area contributed by atoms with Crippen molar-refractivity contribution in [2.45, 2.75) is 10.2 Å². The monoisotopic (exact) mass is 280 g/mol. The summed E-state index contributed by atoms with van der Waals surface area (Å²) in [6.45, 7) is 0. The first-order valence-electron chi connectivity index (χ1n) is 5.77. The van der Waals surface area contributed by atoms with E-state index in [0.717, 1.165) is 11.3 Å². The summed E-state index contributed by atoms with van der Waals surface area (Å²) in [6.07, 6.45) is 4.60. The van der Waals surface area contributed by atoms with Crippen LogP contribution < -0.4 is 0 Å². The minimum absolute atomic E-state index is 0.261. The predicted octanol–water partition coefficient (Wildman–Crippen LogP) is 3.15. The Bertz CT molecular complexity index is 764. The molecule has 0 spiro atoms. The molecule has 96 valence electrons. The molecule has 3 aromatic rings. The van der Waals surface area contributed by atoms with Gasteiger partial charge in [-0.1, -0.05) is 30.3 Å². The molecular formula is C14H8N4OS. The third kappa shape index (κ3) is 2.53. The van der Waals surface area contributed by atoms with E-state index in [4.69, 9.17) is 9.68 Å². The molecule has 0 aliphatic carbocycles. The lowest BCUT2D eigenvalue weighted by atomic mass is 10.2. The van der Waals surface area contributed by atoms with Gasteiger partial charge in [0, 0.05) is 18.0 Å². The van der Waals surface area contributed by atoms with E-state index < -0.39 is 0 Å². The summed E-state index contributed by atoms with van der Waals surface area (Å²) >= 11 is 1.18. The zero-order valence-electron chi connectivity index (χ0n) is 10.2. The van der Waals surface area contributed by atoms with Crippen molar-refractivity contribution in [3.63, 3.8) is 0 Å². The molecule has 3 rings (SSSR count). The summed E-state index contributed by atoms with van der Waals surface area (Å²) in [5.74, 6) is 0. The molecule has 0 aliphatic heterocycles. The zero-order valence-corrected chi connectivity index (χ0v) is 11.0. The van der Waals surface area contributed by atoms with E-state index in [9.17, 15) is 0 Å². The third-order valence-corrected chi connectivity index (χ3v) is 3.36. The molecule has 0 fully saturated rings. The smallest absolute Gasteiger partial charge is 0.262 e. The number of hydrogen-bond donors (Lipinski definition) is 0. The Labute approximate surface area is 119 Å². The standard InChI is InChI=1S/C14H8N4OS/c15-8-11-13(17-7-6-16-11)20-14-18-12(9-19-14)10-4-2-1-3-5-10/h1-7,9H. The molecule has 5 nitrogen and oxygen atoms in total. The minimum atomic E-state index is 0.261. The number of aromatic nitrogens is 3. The highest BCUT2D eigenvalue weighted by Gasteiger charge is 2.12. The highest BCUT2D eigenvalue weighted by atomic mass is 32.2. The fourth-order valence-corrected chi connectivity index (χ4v) is 2.32. The normalized spacial score (nSPS) is 10.2. The minimum Gasteiger partial charge on any atom is -0.439 e. The van der Waals surface area contributed by atoms with Crippen LogP contribution in [0.25, 0.3) is 11.3 Å². The Kier molecular flexibility index (Phi) is 3.44. The molecule has 2 heterocycles. The van der Waals surface area contributed by atoms with Crippen LogP contribution in [0.4, 0.5) is 0 Å². The van der Waals surface area contributed by atoms with Gasteiger partial charge in [0.1, 0.15) is 23.1 Å². The Morgan fingerprint density at radius 1 is 1.10 bits per heavy atom. The second kappa shape index (κ2) is 5.55. The molecule has 0 unspecified atom stereocenters. The molecule has 0 amide bonds. The molecule has 0 aliphatic rings. The number of oxazole rings is 1. The quantitative estimate of drug-likeness (QED) is 0.733. The molecular weight excluding hydrogens is 272 g/mol. The highest BCUT2D eigenvalue weighted by molar-refractivity contribution is 7.99. The lowest BCUT2D eigenvalue weighted by Crippen LogP contribution is -1.89. The first-order chi connectivity index (χ1) is 9.86. The van der Waals surface area contributed by atoms with E-state index in [0.29, 0.717) is 10.2 Å². The van der Waals surface area contributed by atoms with Crippen molar-refractivity contribution in [1.82, 2.24) is 15.0 Å². The Morgan fingerprint density at radius 3 is 2.70 bits per heavy atom. The third-order valence-electron chi connectivity index (χ3n) is 2.51. The van der Waals surface area contributed by atoms with E-state index in [1.165, 1.54) is 24.2 Å². The van der Waals surface area contributed by atoms with Gasteiger partial charge in [-0.2, -0.15) is 5.26 Å². The van der Waals surface area contributed by atoms with E-state index >= 15 is 0 Å². The van der Waals surface area contributed by atoms with Crippen LogP contribution in [0.2, 0.25) is 0 Å². The first-order valence-corrected chi connectivity index (χ1v) is 6.58. The average molecular weight is 280 g/mol. The van der Waals surface area contributed by atoms with Crippen molar-refractivity contribution in [1.29, 1.82) is 5.26 Å². The summed E-state index contributed by atoms with van der Waals surface area (Å²) < 4.78 is 5.40. The molecule has 0 radical (unpaired) electrons. The first kappa shape index (κ1) is 12.4. The molecule has 0 atom stereocenters. The largest absolute Gasteiger partial charge is 0.439 e. The van der Waals surface area contributed by atoms with Crippen molar-refractivity contribution in [3.05, 3.63) is 54.7 Å². The van der Waals surface area contributed by atoms with Gasteiger partial charge in [0.25, 0.3) is 5.22 Å². The van der Waals surface area contributed by atoms with Crippen molar-refractivity contribution in [2.24, 2.45) is 0 Å². The van der Waals surface area contributed by atoms with Crippen LogP contribution in [0.5, 0.6) is 0 Å². The molecule has 0 saturated carbocycles. The molecule has 0 N–H and O–H groups in total. The van der Waals surface area contributed by atoms with Gasteiger partial charge in [-0.25, -0.2) is 15.0 Å². The van der Waals surface area contributed by atoms with Crippen LogP contribution >= 0.6 is 11.8 Å². The Balaban J connectivity index is 1.87. The maximum atomic E-state index is 8.96. The Hall–Kier alpha value is -2.65. The van der Waals surface area contributed by atoms with E-state index in [-0.39, 0.29) is 5.69 Å². The molecule has 1 aromatic carbocycles. The second-order valence-electron chi connectivity index (χ2n) is 3.79. The summed E-state index contributed by atoms with van der Waals surface area (Å²) in [4.78, 5) is 12.4. The van der Waals surface area contributed by atoms with Crippen molar-refractivity contribution in [3.8, 4) is 17.3 Å². The number of rotatable bonds is 3. The highest BCUT2D eigenvalue weighted by Crippen LogP contribution is 2.29. The molecule has 20 heavy (non-hydrogen) atoms. The SMILES string of the molecule is N#Cc1nccnc1Sc1nc(-c2ccccc2)co1. The Morgan fingerprint density at radius 2 is 1.90 bits per heavy atom. The summed E-state index contributed by atoms with van der Waals surface area (Å²) in [5, 5.41) is 9.88. The van der Waals surface area contributed by atoms with Crippen LogP contribution in [-0.4, -0.2) is 15.0 Å². The summed E-state index contributed by atoms with van der Waals surface area (Å²) in [5.41, 5.74) is 1.98. The molecule has 0 bridgehead atoms. The molecule has 2 aromatic heterocycles. The van der Waals surface area contributed by atoms with E-state index in [1.807, 2.05) is 36.4 Å². The fourth-order valence-electron chi connectivity index (χ4n) is 1.61. The lowest BCUT2D eigenvalue weighted by molar-refractivity contribution is 0.454. The number of benzene rings is 1. The van der Waals surface area contributed by atoms with Crippen LogP contribution in [0, 0.1) is 11.3 Å². The van der Waals surface area contributed by atoms with Crippen LogP contribution in [0.1, 0.15) is 5.69 Å². The molecule has 0 saturated heterocycles. The molecule has 6 heteroatoms. The number of nitriles is 1. The van der Waals surface area contributed by atoms with Gasteiger partial charge in [0.05, 0.1) is 0 Å². The van der Waals surface area contributed by atoms with E-state index in [2.05, 4.69) is 15.0 Å². The van der Waals surface area contributed by atoms with Gasteiger partial charge in [0.15, 0.2) is 5.69 Å². The fraction of sp³-hybridized carbons (Fsp3) is 0. The predicted molar refractivity (Wildman–Crippen MR) is 72.8 cm³/mol. The van der Waals surface area contributed by atoms with Crippen molar-refractivity contribution < 1.29 is 4.42 Å². The van der Waals surface area contributed by atoms with Crippen molar-refractivity contribution >= 4 is 11.8 Å². The van der Waals surface area contributed by atoms with Gasteiger partial charge in [-0.3, -0.25) is 0 Å². The van der Waals surface area contributed by atoms with E-state index in [1.54, 1.807) is 6.26 Å². The van der Waals surface area contributed by atoms with Crippen molar-refractivity contribution in [2.75, 3.05) is 0 Å². The summed E-state index contributed by atoms with van der Waals surface area (Å²) in [7, 11) is 0. The van der Waals surface area contributed by atoms with Crippen LogP contribution in [0.15, 0.2) is 63.7 Å². The summed E-state index contributed by atoms with van der Waals surface area (Å²) in [6, 6.07) is 11.7. The average Bonchev–Trinajstić information content (AvgIpc) is 2.97. The maximum Gasteiger partial charge on any atom is 0.262 e. The topological polar surface area (TPSA) is 75.6 Å². The maximum absolute atomic E-state index is 8.96.